The van der Waals surface area contributed by atoms with Gasteiger partial charge in [-0.25, -0.2) is 0 Å². The molecule has 0 aliphatic heterocycles. The van der Waals surface area contributed by atoms with Crippen molar-refractivity contribution >= 4 is 11.8 Å². The number of benzene rings is 1. The van der Waals surface area contributed by atoms with Gasteiger partial charge >= 0.3 is 0 Å². The van der Waals surface area contributed by atoms with Gasteiger partial charge in [-0.15, -0.1) is 0 Å². The Labute approximate surface area is 110 Å². The summed E-state index contributed by atoms with van der Waals surface area (Å²) in [5.74, 6) is -0.271. The van der Waals surface area contributed by atoms with Gasteiger partial charge in [-0.05, 0) is 32.0 Å². The molecule has 1 aromatic heterocycles. The molecule has 5 nitrogen and oxygen atoms in total. The van der Waals surface area contributed by atoms with Gasteiger partial charge in [0.2, 0.25) is 0 Å². The van der Waals surface area contributed by atoms with Gasteiger partial charge in [-0.2, -0.15) is 0 Å². The molecular weight excluding hydrogens is 244 g/mol. The highest BCUT2D eigenvalue weighted by Gasteiger charge is 2.12. The van der Waals surface area contributed by atoms with Crippen LogP contribution in [0, 0.1) is 13.8 Å². The number of nitrogens with one attached hydrogen (secondary N) is 2. The van der Waals surface area contributed by atoms with E-state index in [1.165, 1.54) is 6.26 Å². The molecule has 2 rings (SSSR count). The van der Waals surface area contributed by atoms with Crippen molar-refractivity contribution in [2.45, 2.75) is 13.8 Å². The molecule has 19 heavy (non-hydrogen) atoms. The summed E-state index contributed by atoms with van der Waals surface area (Å²) in [7, 11) is 0. The van der Waals surface area contributed by atoms with E-state index in [1.807, 2.05) is 13.0 Å². The second-order valence-corrected chi connectivity index (χ2v) is 4.17. The Morgan fingerprint density at radius 3 is 2.42 bits per heavy atom. The number of hydrogen-bond acceptors (Lipinski definition) is 3. The van der Waals surface area contributed by atoms with Gasteiger partial charge < -0.3 is 4.42 Å². The average molecular weight is 258 g/mol. The van der Waals surface area contributed by atoms with Gasteiger partial charge in [0, 0.05) is 5.56 Å². The van der Waals surface area contributed by atoms with E-state index in [9.17, 15) is 9.59 Å². The lowest BCUT2D eigenvalue weighted by Crippen LogP contribution is -2.41. The van der Waals surface area contributed by atoms with Gasteiger partial charge in [-0.1, -0.05) is 17.7 Å². The molecule has 2 aromatic rings. The molecule has 0 fully saturated rings. The highest BCUT2D eigenvalue weighted by atomic mass is 16.3. The maximum Gasteiger partial charge on any atom is 0.273 e. The summed E-state index contributed by atoms with van der Waals surface area (Å²) in [6.07, 6.45) is 1.42. The largest absolute Gasteiger partial charge is 0.469 e. The predicted octanol–water partition coefficient (Wildman–Crippen LogP) is 1.97. The summed E-state index contributed by atoms with van der Waals surface area (Å²) in [5.41, 5.74) is 6.57. The van der Waals surface area contributed by atoms with E-state index in [0.29, 0.717) is 16.9 Å². The predicted molar refractivity (Wildman–Crippen MR) is 69.6 cm³/mol. The van der Waals surface area contributed by atoms with Gasteiger partial charge in [0.25, 0.3) is 11.8 Å². The van der Waals surface area contributed by atoms with E-state index in [-0.39, 0.29) is 5.91 Å². The first-order chi connectivity index (χ1) is 9.08. The van der Waals surface area contributed by atoms with Crippen molar-refractivity contribution in [3.63, 3.8) is 0 Å². The molecule has 0 radical (unpaired) electrons. The maximum absolute atomic E-state index is 11.8. The molecule has 0 aliphatic carbocycles. The highest BCUT2D eigenvalue weighted by Crippen LogP contribution is 2.08. The Bertz CT molecular complexity index is 617. The van der Waals surface area contributed by atoms with Crippen molar-refractivity contribution in [2.75, 3.05) is 0 Å². The minimum atomic E-state index is -0.410. The molecule has 0 saturated heterocycles. The van der Waals surface area contributed by atoms with Crippen LogP contribution in [0.1, 0.15) is 32.0 Å². The van der Waals surface area contributed by atoms with Crippen LogP contribution in [-0.2, 0) is 0 Å². The SMILES string of the molecule is Cc1cccc(C(=O)NNC(=O)c2ccoc2C)c1. The van der Waals surface area contributed by atoms with Crippen LogP contribution in [0.15, 0.2) is 41.0 Å². The third-order valence-corrected chi connectivity index (χ3v) is 2.67. The third kappa shape index (κ3) is 3.01. The number of furan rings is 1. The fourth-order valence-corrected chi connectivity index (χ4v) is 1.66. The molecule has 0 aliphatic rings. The normalized spacial score (nSPS) is 10.0. The summed E-state index contributed by atoms with van der Waals surface area (Å²) < 4.78 is 5.02. The number of rotatable bonds is 2. The fourth-order valence-electron chi connectivity index (χ4n) is 1.66. The zero-order valence-corrected chi connectivity index (χ0v) is 10.7. The number of hydrazine groups is 1. The molecule has 0 unspecified atom stereocenters. The molecule has 5 heteroatoms. The third-order valence-electron chi connectivity index (χ3n) is 2.67. The quantitative estimate of drug-likeness (QED) is 0.809. The lowest BCUT2D eigenvalue weighted by molar-refractivity contribution is 0.0845. The van der Waals surface area contributed by atoms with Crippen LogP contribution in [-0.4, -0.2) is 11.8 Å². The van der Waals surface area contributed by atoms with E-state index in [0.717, 1.165) is 5.56 Å². The maximum atomic E-state index is 11.8. The van der Waals surface area contributed by atoms with E-state index >= 15 is 0 Å². The van der Waals surface area contributed by atoms with Crippen molar-refractivity contribution in [1.29, 1.82) is 0 Å². The molecule has 2 N–H and O–H groups in total. The summed E-state index contributed by atoms with van der Waals surface area (Å²) in [6, 6.07) is 8.64. The van der Waals surface area contributed by atoms with Crippen LogP contribution in [0.4, 0.5) is 0 Å². The second-order valence-electron chi connectivity index (χ2n) is 4.17. The van der Waals surface area contributed by atoms with Gasteiger partial charge in [0.15, 0.2) is 0 Å². The minimum absolute atomic E-state index is 0.363. The van der Waals surface area contributed by atoms with E-state index in [1.54, 1.807) is 31.2 Å². The van der Waals surface area contributed by atoms with Crippen LogP contribution in [0.2, 0.25) is 0 Å². The summed E-state index contributed by atoms with van der Waals surface area (Å²) in [6.45, 7) is 3.57. The first-order valence-corrected chi connectivity index (χ1v) is 5.79. The monoisotopic (exact) mass is 258 g/mol. The van der Waals surface area contributed by atoms with Crippen LogP contribution >= 0.6 is 0 Å². The zero-order chi connectivity index (χ0) is 13.8. The summed E-state index contributed by atoms with van der Waals surface area (Å²) >= 11 is 0. The zero-order valence-electron chi connectivity index (χ0n) is 10.7. The lowest BCUT2D eigenvalue weighted by Gasteiger charge is -2.07. The van der Waals surface area contributed by atoms with E-state index in [2.05, 4.69) is 10.9 Å². The molecule has 0 atom stereocenters. The molecule has 0 bridgehead atoms. The first-order valence-electron chi connectivity index (χ1n) is 5.79. The second kappa shape index (κ2) is 5.39. The minimum Gasteiger partial charge on any atom is -0.469 e. The molecule has 1 heterocycles. The van der Waals surface area contributed by atoms with Crippen LogP contribution in [0.5, 0.6) is 0 Å². The molecule has 0 saturated carbocycles. The number of aryl methyl sites for hydroxylation is 2. The standard InChI is InChI=1S/C14H14N2O3/c1-9-4-3-5-11(8-9)13(17)15-16-14(18)12-6-7-19-10(12)2/h3-8H,1-2H3,(H,15,17)(H,16,18). The molecule has 1 aromatic carbocycles. The van der Waals surface area contributed by atoms with Gasteiger partial charge in [0.1, 0.15) is 5.76 Å². The molecular formula is C14H14N2O3. The fraction of sp³-hybridized carbons (Fsp3) is 0.143. The Kier molecular flexibility index (Phi) is 3.66. The van der Waals surface area contributed by atoms with Crippen molar-refractivity contribution < 1.29 is 14.0 Å². The highest BCUT2D eigenvalue weighted by molar-refractivity contribution is 5.99. The van der Waals surface area contributed by atoms with Gasteiger partial charge in [-0.3, -0.25) is 20.4 Å². The van der Waals surface area contributed by atoms with E-state index < -0.39 is 5.91 Å². The summed E-state index contributed by atoms with van der Waals surface area (Å²) in [5, 5.41) is 0. The number of carbonyl (C=O) groups is 2. The molecule has 0 spiro atoms. The topological polar surface area (TPSA) is 71.3 Å². The van der Waals surface area contributed by atoms with Crippen molar-refractivity contribution in [1.82, 2.24) is 10.9 Å². The Balaban J connectivity index is 1.98. The Hall–Kier alpha value is -2.56. The van der Waals surface area contributed by atoms with E-state index in [4.69, 9.17) is 4.42 Å². The van der Waals surface area contributed by atoms with Crippen LogP contribution in [0.3, 0.4) is 0 Å². The Morgan fingerprint density at radius 2 is 1.79 bits per heavy atom. The van der Waals surface area contributed by atoms with Gasteiger partial charge in [0.05, 0.1) is 11.8 Å². The number of amides is 2. The average Bonchev–Trinajstić information content (AvgIpc) is 2.82. The van der Waals surface area contributed by atoms with Crippen molar-refractivity contribution in [3.05, 3.63) is 59.0 Å². The molecule has 2 amide bonds. The number of carbonyl (C=O) groups excluding carboxylic acids is 2. The van der Waals surface area contributed by atoms with Crippen molar-refractivity contribution in [2.24, 2.45) is 0 Å². The van der Waals surface area contributed by atoms with Crippen LogP contribution in [0.25, 0.3) is 0 Å². The number of hydrogen-bond donors (Lipinski definition) is 2. The lowest BCUT2D eigenvalue weighted by atomic mass is 10.1. The Morgan fingerprint density at radius 1 is 1.05 bits per heavy atom. The van der Waals surface area contributed by atoms with Crippen LogP contribution < -0.4 is 10.9 Å². The summed E-state index contributed by atoms with van der Waals surface area (Å²) in [4.78, 5) is 23.6. The smallest absolute Gasteiger partial charge is 0.273 e. The van der Waals surface area contributed by atoms with Crippen molar-refractivity contribution in [3.8, 4) is 0 Å². The first kappa shape index (κ1) is 12.9. The molecule has 98 valence electrons.